The second-order valence-electron chi connectivity index (χ2n) is 4.43. The lowest BCUT2D eigenvalue weighted by atomic mass is 9.86. The molecule has 4 heteroatoms. The Morgan fingerprint density at radius 2 is 2.17 bits per heavy atom. The number of benzene rings is 1. The average molecular weight is 308 g/mol. The molecule has 0 aliphatic carbocycles. The van der Waals surface area contributed by atoms with Crippen molar-refractivity contribution in [2.45, 2.75) is 18.8 Å². The molecule has 0 aromatic heterocycles. The predicted molar refractivity (Wildman–Crippen MR) is 71.0 cm³/mol. The fraction of sp³-hybridized carbons (Fsp3) is 0.429. The van der Waals surface area contributed by atoms with Gasteiger partial charge in [0.15, 0.2) is 5.78 Å². The number of nitriles is 1. The Balaban J connectivity index is 2.15. The van der Waals surface area contributed by atoms with E-state index in [2.05, 4.69) is 22.0 Å². The number of nitrogens with zero attached hydrogens (tertiary/aromatic N) is 1. The smallest absolute Gasteiger partial charge is 0.159 e. The van der Waals surface area contributed by atoms with Gasteiger partial charge in [0.25, 0.3) is 0 Å². The molecule has 1 aliphatic rings. The standard InChI is InChI=1S/C14H14BrNO2/c15-12-5-3-10(4-6-12)13(8-16)14(17)11-2-1-7-18-9-11/h3-6,11,13H,1-2,7,9H2. The maximum absolute atomic E-state index is 12.3. The summed E-state index contributed by atoms with van der Waals surface area (Å²) in [5.74, 6) is -0.823. The molecule has 3 nitrogen and oxygen atoms in total. The molecule has 0 N–H and O–H groups in total. The van der Waals surface area contributed by atoms with Crippen molar-refractivity contribution < 1.29 is 9.53 Å². The number of ether oxygens (including phenoxy) is 1. The van der Waals surface area contributed by atoms with E-state index in [0.29, 0.717) is 6.61 Å². The van der Waals surface area contributed by atoms with E-state index in [1.165, 1.54) is 0 Å². The number of ketones is 1. The quantitative estimate of drug-likeness (QED) is 0.862. The topological polar surface area (TPSA) is 50.1 Å². The van der Waals surface area contributed by atoms with Crippen LogP contribution < -0.4 is 0 Å². The van der Waals surface area contributed by atoms with Gasteiger partial charge in [-0.15, -0.1) is 0 Å². The van der Waals surface area contributed by atoms with E-state index in [-0.39, 0.29) is 11.7 Å². The minimum Gasteiger partial charge on any atom is -0.381 e. The molecule has 2 rings (SSSR count). The zero-order valence-electron chi connectivity index (χ0n) is 9.93. The summed E-state index contributed by atoms with van der Waals surface area (Å²) >= 11 is 3.34. The molecule has 1 heterocycles. The SMILES string of the molecule is N#CC(C(=O)C1CCCOC1)c1ccc(Br)cc1. The van der Waals surface area contributed by atoms with E-state index in [1.807, 2.05) is 24.3 Å². The highest BCUT2D eigenvalue weighted by molar-refractivity contribution is 9.10. The molecule has 2 atom stereocenters. The van der Waals surface area contributed by atoms with E-state index >= 15 is 0 Å². The predicted octanol–water partition coefficient (Wildman–Crippen LogP) is 3.05. The maximum atomic E-state index is 12.3. The molecule has 2 unspecified atom stereocenters. The first kappa shape index (κ1) is 13.3. The summed E-state index contributed by atoms with van der Waals surface area (Å²) < 4.78 is 6.26. The van der Waals surface area contributed by atoms with Crippen molar-refractivity contribution in [3.05, 3.63) is 34.3 Å². The summed E-state index contributed by atoms with van der Waals surface area (Å²) in [6.07, 6.45) is 1.72. The van der Waals surface area contributed by atoms with Gasteiger partial charge in [0.05, 0.1) is 12.7 Å². The maximum Gasteiger partial charge on any atom is 0.159 e. The Hall–Kier alpha value is -1.18. The average Bonchev–Trinajstić information content (AvgIpc) is 2.42. The number of carbonyl (C=O) groups excluding carboxylic acids is 1. The van der Waals surface area contributed by atoms with Crippen LogP contribution in [0.25, 0.3) is 0 Å². The summed E-state index contributed by atoms with van der Waals surface area (Å²) in [5.41, 5.74) is 0.760. The van der Waals surface area contributed by atoms with Crippen LogP contribution in [0.4, 0.5) is 0 Å². The molecule has 1 aliphatic heterocycles. The van der Waals surface area contributed by atoms with Gasteiger partial charge in [-0.2, -0.15) is 5.26 Å². The fourth-order valence-corrected chi connectivity index (χ4v) is 2.42. The lowest BCUT2D eigenvalue weighted by Gasteiger charge is -2.22. The number of rotatable bonds is 3. The van der Waals surface area contributed by atoms with Crippen molar-refractivity contribution in [1.29, 1.82) is 5.26 Å². The van der Waals surface area contributed by atoms with Crippen molar-refractivity contribution in [2.24, 2.45) is 5.92 Å². The molecule has 0 saturated carbocycles. The van der Waals surface area contributed by atoms with Gasteiger partial charge in [-0.25, -0.2) is 0 Å². The number of carbonyl (C=O) groups is 1. The van der Waals surface area contributed by atoms with Gasteiger partial charge in [-0.3, -0.25) is 4.79 Å². The first-order valence-electron chi connectivity index (χ1n) is 5.99. The summed E-state index contributed by atoms with van der Waals surface area (Å²) in [6.45, 7) is 1.17. The number of hydrogen-bond acceptors (Lipinski definition) is 3. The fourth-order valence-electron chi connectivity index (χ4n) is 2.16. The van der Waals surface area contributed by atoms with Gasteiger partial charge < -0.3 is 4.74 Å². The highest BCUT2D eigenvalue weighted by atomic mass is 79.9. The summed E-state index contributed by atoms with van der Waals surface area (Å²) in [4.78, 5) is 12.3. The first-order chi connectivity index (χ1) is 8.72. The lowest BCUT2D eigenvalue weighted by Crippen LogP contribution is -2.29. The zero-order valence-corrected chi connectivity index (χ0v) is 11.5. The minimum absolute atomic E-state index is 0.0143. The van der Waals surface area contributed by atoms with E-state index in [9.17, 15) is 10.1 Å². The normalized spacial score (nSPS) is 21.0. The van der Waals surface area contributed by atoms with Crippen molar-refractivity contribution in [1.82, 2.24) is 0 Å². The van der Waals surface area contributed by atoms with Crippen LogP contribution in [0.5, 0.6) is 0 Å². The molecular weight excluding hydrogens is 294 g/mol. The van der Waals surface area contributed by atoms with Crippen LogP contribution in [-0.2, 0) is 9.53 Å². The van der Waals surface area contributed by atoms with Crippen LogP contribution in [0.15, 0.2) is 28.7 Å². The largest absolute Gasteiger partial charge is 0.381 e. The summed E-state index contributed by atoms with van der Waals surface area (Å²) in [6, 6.07) is 9.46. The Labute approximate surface area is 115 Å². The molecule has 0 radical (unpaired) electrons. The second-order valence-corrected chi connectivity index (χ2v) is 5.35. The van der Waals surface area contributed by atoms with Crippen LogP contribution in [0.3, 0.4) is 0 Å². The number of Topliss-reactive ketones (excluding diaryl/α,β-unsaturated/α-hetero) is 1. The Morgan fingerprint density at radius 3 is 2.72 bits per heavy atom. The lowest BCUT2D eigenvalue weighted by molar-refractivity contribution is -0.127. The van der Waals surface area contributed by atoms with E-state index in [1.54, 1.807) is 0 Å². The molecule has 94 valence electrons. The molecule has 0 spiro atoms. The summed E-state index contributed by atoms with van der Waals surface area (Å²) in [7, 11) is 0. The van der Waals surface area contributed by atoms with Crippen molar-refractivity contribution in [2.75, 3.05) is 13.2 Å². The molecule has 1 fully saturated rings. The Morgan fingerprint density at radius 1 is 1.44 bits per heavy atom. The van der Waals surface area contributed by atoms with Crippen molar-refractivity contribution >= 4 is 21.7 Å². The van der Waals surface area contributed by atoms with Crippen molar-refractivity contribution in [3.8, 4) is 6.07 Å². The van der Waals surface area contributed by atoms with Gasteiger partial charge >= 0.3 is 0 Å². The van der Waals surface area contributed by atoms with E-state index < -0.39 is 5.92 Å². The third kappa shape index (κ3) is 2.98. The first-order valence-corrected chi connectivity index (χ1v) is 6.78. The van der Waals surface area contributed by atoms with E-state index in [0.717, 1.165) is 29.5 Å². The minimum atomic E-state index is -0.676. The third-order valence-corrected chi connectivity index (χ3v) is 3.71. The highest BCUT2D eigenvalue weighted by Crippen LogP contribution is 2.25. The Kier molecular flexibility index (Phi) is 4.51. The van der Waals surface area contributed by atoms with Crippen molar-refractivity contribution in [3.63, 3.8) is 0 Å². The zero-order chi connectivity index (χ0) is 13.0. The number of hydrogen-bond donors (Lipinski definition) is 0. The molecule has 0 bridgehead atoms. The van der Waals surface area contributed by atoms with Crippen LogP contribution in [0.1, 0.15) is 24.3 Å². The summed E-state index contributed by atoms with van der Waals surface area (Å²) in [5, 5.41) is 9.23. The molecule has 1 aromatic carbocycles. The molecule has 0 amide bonds. The highest BCUT2D eigenvalue weighted by Gasteiger charge is 2.29. The molecule has 1 saturated heterocycles. The van der Waals surface area contributed by atoms with Crippen LogP contribution >= 0.6 is 15.9 Å². The Bertz CT molecular complexity index is 458. The van der Waals surface area contributed by atoms with Crippen LogP contribution in [0.2, 0.25) is 0 Å². The van der Waals surface area contributed by atoms with Gasteiger partial charge in [0.1, 0.15) is 5.92 Å². The molecular formula is C14H14BrNO2. The van der Waals surface area contributed by atoms with Gasteiger partial charge in [-0.1, -0.05) is 28.1 Å². The number of halogens is 1. The molecule has 1 aromatic rings. The van der Waals surface area contributed by atoms with Crippen LogP contribution in [0, 0.1) is 17.2 Å². The van der Waals surface area contributed by atoms with Gasteiger partial charge in [0.2, 0.25) is 0 Å². The third-order valence-electron chi connectivity index (χ3n) is 3.18. The molecule has 18 heavy (non-hydrogen) atoms. The van der Waals surface area contributed by atoms with Gasteiger partial charge in [-0.05, 0) is 30.5 Å². The van der Waals surface area contributed by atoms with E-state index in [4.69, 9.17) is 4.74 Å². The monoisotopic (exact) mass is 307 g/mol. The van der Waals surface area contributed by atoms with Crippen LogP contribution in [-0.4, -0.2) is 19.0 Å². The van der Waals surface area contributed by atoms with Gasteiger partial charge in [0, 0.05) is 17.0 Å². The second kappa shape index (κ2) is 6.12.